The number of carbonyl (C=O) groups is 1. The number of halogens is 3. The third kappa shape index (κ3) is 5.75. The fraction of sp³-hybridized carbons (Fsp3) is 0.182. The Bertz CT molecular complexity index is 1250. The summed E-state index contributed by atoms with van der Waals surface area (Å²) >= 11 is 1.16. The van der Waals surface area contributed by atoms with E-state index in [1.165, 1.54) is 10.7 Å². The molecule has 0 atom stereocenters. The molecule has 0 aliphatic carbocycles. The van der Waals surface area contributed by atoms with E-state index in [4.69, 9.17) is 4.74 Å². The van der Waals surface area contributed by atoms with Gasteiger partial charge in [-0.1, -0.05) is 29.5 Å². The SMILES string of the molecule is Cc1nc(-c2ccn(Cc3cccc(C(F)(F)F)c3)n2)sc1OC(=O)NCc1cccnc1. The maximum atomic E-state index is 12.9. The van der Waals surface area contributed by atoms with E-state index in [2.05, 4.69) is 20.4 Å². The van der Waals surface area contributed by atoms with E-state index >= 15 is 0 Å². The number of nitrogens with one attached hydrogen (secondary N) is 1. The zero-order valence-electron chi connectivity index (χ0n) is 17.3. The number of ether oxygens (including phenoxy) is 1. The van der Waals surface area contributed by atoms with Gasteiger partial charge in [0.15, 0.2) is 0 Å². The summed E-state index contributed by atoms with van der Waals surface area (Å²) in [4.78, 5) is 20.5. The first kappa shape index (κ1) is 22.5. The fourth-order valence-corrected chi connectivity index (χ4v) is 3.86. The van der Waals surface area contributed by atoms with Crippen LogP contribution in [-0.4, -0.2) is 25.8 Å². The number of pyridine rings is 1. The molecule has 4 rings (SSSR count). The number of amides is 1. The van der Waals surface area contributed by atoms with Crippen molar-refractivity contribution in [3.8, 4) is 15.8 Å². The van der Waals surface area contributed by atoms with Gasteiger partial charge in [0, 0.05) is 25.1 Å². The third-order valence-corrected chi connectivity index (χ3v) is 5.62. The van der Waals surface area contributed by atoms with Crippen molar-refractivity contribution in [1.29, 1.82) is 0 Å². The average Bonchev–Trinajstić information content (AvgIpc) is 3.39. The van der Waals surface area contributed by atoms with Gasteiger partial charge >= 0.3 is 12.3 Å². The minimum absolute atomic E-state index is 0.175. The summed E-state index contributed by atoms with van der Waals surface area (Å²) in [6.07, 6.45) is -0.0679. The van der Waals surface area contributed by atoms with Crippen LogP contribution in [0.25, 0.3) is 10.7 Å². The topological polar surface area (TPSA) is 81.9 Å². The van der Waals surface area contributed by atoms with Gasteiger partial charge in [-0.05, 0) is 42.3 Å². The lowest BCUT2D eigenvalue weighted by atomic mass is 10.1. The molecule has 1 N–H and O–H groups in total. The molecule has 0 spiro atoms. The molecule has 7 nitrogen and oxygen atoms in total. The summed E-state index contributed by atoms with van der Waals surface area (Å²) in [7, 11) is 0. The number of benzene rings is 1. The summed E-state index contributed by atoms with van der Waals surface area (Å²) in [6.45, 7) is 2.16. The van der Waals surface area contributed by atoms with Crippen LogP contribution >= 0.6 is 11.3 Å². The molecule has 1 amide bonds. The van der Waals surface area contributed by atoms with Gasteiger partial charge < -0.3 is 10.1 Å². The molecule has 0 saturated heterocycles. The fourth-order valence-electron chi connectivity index (χ4n) is 2.98. The van der Waals surface area contributed by atoms with Crippen LogP contribution in [0.3, 0.4) is 0 Å². The summed E-state index contributed by atoms with van der Waals surface area (Å²) in [6, 6.07) is 10.4. The van der Waals surface area contributed by atoms with Crippen LogP contribution in [0.15, 0.2) is 61.1 Å². The second-order valence-corrected chi connectivity index (χ2v) is 8.05. The minimum Gasteiger partial charge on any atom is -0.397 e. The zero-order chi connectivity index (χ0) is 23.4. The molecule has 0 aliphatic rings. The first-order chi connectivity index (χ1) is 15.8. The smallest absolute Gasteiger partial charge is 0.397 e. The Hall–Kier alpha value is -3.73. The van der Waals surface area contributed by atoms with Crippen LogP contribution in [0.5, 0.6) is 5.06 Å². The third-order valence-electron chi connectivity index (χ3n) is 4.56. The Labute approximate surface area is 190 Å². The van der Waals surface area contributed by atoms with E-state index in [-0.39, 0.29) is 13.1 Å². The minimum atomic E-state index is -4.40. The first-order valence-electron chi connectivity index (χ1n) is 9.80. The summed E-state index contributed by atoms with van der Waals surface area (Å²) in [5.74, 6) is 0. The number of thiazole rings is 1. The Balaban J connectivity index is 1.41. The van der Waals surface area contributed by atoms with Crippen molar-refractivity contribution in [1.82, 2.24) is 25.1 Å². The number of alkyl halides is 3. The molecule has 3 heterocycles. The molecule has 0 radical (unpaired) electrons. The second kappa shape index (κ2) is 9.41. The van der Waals surface area contributed by atoms with Crippen molar-refractivity contribution < 1.29 is 22.7 Å². The predicted molar refractivity (Wildman–Crippen MR) is 116 cm³/mol. The molecule has 4 aromatic rings. The lowest BCUT2D eigenvalue weighted by Crippen LogP contribution is -2.26. The molecular formula is C22H18F3N5O2S. The van der Waals surface area contributed by atoms with Crippen LogP contribution in [0, 0.1) is 6.92 Å². The van der Waals surface area contributed by atoms with Crippen LogP contribution in [0.4, 0.5) is 18.0 Å². The number of hydrogen-bond donors (Lipinski definition) is 1. The van der Waals surface area contributed by atoms with E-state index in [1.807, 2.05) is 6.07 Å². The Morgan fingerprint density at radius 3 is 2.76 bits per heavy atom. The van der Waals surface area contributed by atoms with Crippen molar-refractivity contribution in [3.05, 3.63) is 83.4 Å². The van der Waals surface area contributed by atoms with E-state index < -0.39 is 17.8 Å². The number of rotatable bonds is 6. The van der Waals surface area contributed by atoms with Crippen molar-refractivity contribution in [3.63, 3.8) is 0 Å². The Kier molecular flexibility index (Phi) is 6.40. The highest BCUT2D eigenvalue weighted by Crippen LogP contribution is 2.33. The lowest BCUT2D eigenvalue weighted by Gasteiger charge is -2.08. The van der Waals surface area contributed by atoms with Crippen molar-refractivity contribution >= 4 is 17.4 Å². The highest BCUT2D eigenvalue weighted by molar-refractivity contribution is 7.17. The Morgan fingerprint density at radius 2 is 2.00 bits per heavy atom. The van der Waals surface area contributed by atoms with E-state index in [0.717, 1.165) is 29.0 Å². The van der Waals surface area contributed by atoms with Crippen molar-refractivity contribution in [2.45, 2.75) is 26.2 Å². The monoisotopic (exact) mass is 473 g/mol. The summed E-state index contributed by atoms with van der Waals surface area (Å²) in [5, 5.41) is 7.91. The predicted octanol–water partition coefficient (Wildman–Crippen LogP) is 5.07. The standard InChI is InChI=1S/C22H18F3N5O2S/c1-14-20(32-21(31)27-12-16-5-3-8-26-11-16)33-19(28-14)18-7-9-30(29-18)13-15-4-2-6-17(10-15)22(23,24)25/h2-11H,12-13H2,1H3,(H,27,31). The van der Waals surface area contributed by atoms with Crippen LogP contribution in [0.2, 0.25) is 0 Å². The quantitative estimate of drug-likeness (QED) is 0.423. The van der Waals surface area contributed by atoms with Crippen LogP contribution in [-0.2, 0) is 19.3 Å². The number of aryl methyl sites for hydroxylation is 1. The van der Waals surface area contributed by atoms with Crippen LogP contribution in [0.1, 0.15) is 22.4 Å². The average molecular weight is 473 g/mol. The molecule has 0 fully saturated rings. The van der Waals surface area contributed by atoms with Crippen LogP contribution < -0.4 is 10.1 Å². The number of carbonyl (C=O) groups excluding carboxylic acids is 1. The number of hydrogen-bond acceptors (Lipinski definition) is 6. The molecule has 170 valence electrons. The highest BCUT2D eigenvalue weighted by atomic mass is 32.1. The van der Waals surface area contributed by atoms with E-state index in [1.54, 1.807) is 43.7 Å². The molecule has 0 unspecified atom stereocenters. The van der Waals surface area contributed by atoms with Gasteiger partial charge in [0.2, 0.25) is 5.06 Å². The molecule has 0 saturated carbocycles. The van der Waals surface area contributed by atoms with E-state index in [9.17, 15) is 18.0 Å². The second-order valence-electron chi connectivity index (χ2n) is 7.09. The highest BCUT2D eigenvalue weighted by Gasteiger charge is 2.30. The summed E-state index contributed by atoms with van der Waals surface area (Å²) < 4.78 is 45.7. The van der Waals surface area contributed by atoms with Crippen molar-refractivity contribution in [2.75, 3.05) is 0 Å². The first-order valence-corrected chi connectivity index (χ1v) is 10.6. The summed E-state index contributed by atoms with van der Waals surface area (Å²) in [5.41, 5.74) is 1.66. The Morgan fingerprint density at radius 1 is 1.18 bits per heavy atom. The maximum absolute atomic E-state index is 12.9. The maximum Gasteiger partial charge on any atom is 0.416 e. The normalized spacial score (nSPS) is 11.4. The van der Waals surface area contributed by atoms with Gasteiger partial charge in [-0.3, -0.25) is 9.67 Å². The molecule has 1 aromatic carbocycles. The van der Waals surface area contributed by atoms with Gasteiger partial charge in [-0.25, -0.2) is 9.78 Å². The van der Waals surface area contributed by atoms with Gasteiger partial charge in [0.25, 0.3) is 0 Å². The molecule has 0 aliphatic heterocycles. The van der Waals surface area contributed by atoms with Gasteiger partial charge in [-0.15, -0.1) is 0 Å². The molecule has 0 bridgehead atoms. The van der Waals surface area contributed by atoms with Gasteiger partial charge in [-0.2, -0.15) is 18.3 Å². The van der Waals surface area contributed by atoms with Crippen molar-refractivity contribution in [2.24, 2.45) is 0 Å². The number of aromatic nitrogens is 4. The molecule has 33 heavy (non-hydrogen) atoms. The van der Waals surface area contributed by atoms with Gasteiger partial charge in [0.05, 0.1) is 17.8 Å². The largest absolute Gasteiger partial charge is 0.416 e. The molecule has 3 aromatic heterocycles. The lowest BCUT2D eigenvalue weighted by molar-refractivity contribution is -0.137. The molecule has 11 heteroatoms. The van der Waals surface area contributed by atoms with E-state index in [0.29, 0.717) is 27.0 Å². The zero-order valence-corrected chi connectivity index (χ0v) is 18.2. The van der Waals surface area contributed by atoms with Gasteiger partial charge in [0.1, 0.15) is 10.7 Å². The number of nitrogens with zero attached hydrogens (tertiary/aromatic N) is 4. The molecular weight excluding hydrogens is 455 g/mol.